The molecule has 1 unspecified atom stereocenters. The molecule has 0 heterocycles. The molecule has 0 aromatic heterocycles. The molecule has 21 heavy (non-hydrogen) atoms. The van der Waals surface area contributed by atoms with Crippen molar-refractivity contribution in [1.29, 1.82) is 0 Å². The van der Waals surface area contributed by atoms with Gasteiger partial charge in [-0.15, -0.1) is 0 Å². The molecule has 1 atom stereocenters. The van der Waals surface area contributed by atoms with Gasteiger partial charge in [-0.2, -0.15) is 0 Å². The van der Waals surface area contributed by atoms with E-state index in [-0.39, 0.29) is 6.04 Å². The van der Waals surface area contributed by atoms with Crippen LogP contribution in [0.1, 0.15) is 66.5 Å². The van der Waals surface area contributed by atoms with Gasteiger partial charge in [-0.05, 0) is 59.4 Å². The van der Waals surface area contributed by atoms with E-state index in [9.17, 15) is 0 Å². The van der Waals surface area contributed by atoms with Gasteiger partial charge >= 0.3 is 0 Å². The van der Waals surface area contributed by atoms with E-state index < -0.39 is 0 Å². The number of hydrogen-bond donors (Lipinski definition) is 1. The van der Waals surface area contributed by atoms with E-state index in [1.807, 2.05) is 0 Å². The Morgan fingerprint density at radius 1 is 0.762 bits per heavy atom. The van der Waals surface area contributed by atoms with E-state index in [1.165, 1.54) is 53.5 Å². The molecular weight excluding hydrogens is 254 g/mol. The summed E-state index contributed by atoms with van der Waals surface area (Å²) in [7, 11) is 0. The van der Waals surface area contributed by atoms with Gasteiger partial charge in [0.25, 0.3) is 0 Å². The third kappa shape index (κ3) is 3.03. The maximum absolute atomic E-state index is 6.48. The first-order chi connectivity index (χ1) is 10.1. The Bertz CT molecular complexity index is 610. The first-order valence-electron chi connectivity index (χ1n) is 8.12. The predicted molar refractivity (Wildman–Crippen MR) is 89.6 cm³/mol. The zero-order chi connectivity index (χ0) is 14.8. The van der Waals surface area contributed by atoms with Crippen molar-refractivity contribution in [2.24, 2.45) is 5.73 Å². The van der Waals surface area contributed by atoms with Crippen LogP contribution < -0.4 is 5.73 Å². The van der Waals surface area contributed by atoms with E-state index in [4.69, 9.17) is 5.73 Å². The standard InChI is InChI=1S/C20H25N/c1-14(2)15-7-10-17(11-8-15)20(21)19-12-9-16-5-3-4-6-18(16)13-19/h7-14,20H,3-6,21H2,1-2H3. The zero-order valence-corrected chi connectivity index (χ0v) is 13.1. The molecule has 2 aromatic carbocycles. The predicted octanol–water partition coefficient (Wildman–Crippen LogP) is 4.74. The van der Waals surface area contributed by atoms with E-state index in [1.54, 1.807) is 0 Å². The van der Waals surface area contributed by atoms with Crippen molar-refractivity contribution in [1.82, 2.24) is 0 Å². The Morgan fingerprint density at radius 2 is 1.33 bits per heavy atom. The monoisotopic (exact) mass is 279 g/mol. The van der Waals surface area contributed by atoms with Crippen LogP contribution in [0, 0.1) is 0 Å². The SMILES string of the molecule is CC(C)c1ccc(C(N)c2ccc3c(c2)CCCC3)cc1. The minimum Gasteiger partial charge on any atom is -0.320 e. The fourth-order valence-corrected chi connectivity index (χ4v) is 3.23. The lowest BCUT2D eigenvalue weighted by Crippen LogP contribution is -2.13. The van der Waals surface area contributed by atoms with E-state index >= 15 is 0 Å². The second kappa shape index (κ2) is 6.03. The van der Waals surface area contributed by atoms with Gasteiger partial charge in [0.2, 0.25) is 0 Å². The van der Waals surface area contributed by atoms with Gasteiger partial charge in [-0.3, -0.25) is 0 Å². The molecule has 0 bridgehead atoms. The van der Waals surface area contributed by atoms with Crippen LogP contribution in [-0.2, 0) is 12.8 Å². The highest BCUT2D eigenvalue weighted by atomic mass is 14.6. The summed E-state index contributed by atoms with van der Waals surface area (Å²) in [6.45, 7) is 4.44. The number of hydrogen-bond acceptors (Lipinski definition) is 1. The summed E-state index contributed by atoms with van der Waals surface area (Å²) in [4.78, 5) is 0. The molecule has 0 radical (unpaired) electrons. The molecule has 110 valence electrons. The average molecular weight is 279 g/mol. The van der Waals surface area contributed by atoms with Crippen LogP contribution >= 0.6 is 0 Å². The Labute approximate surface area is 128 Å². The Kier molecular flexibility index (Phi) is 4.12. The highest BCUT2D eigenvalue weighted by molar-refractivity contribution is 5.39. The molecule has 1 nitrogen and oxygen atoms in total. The molecule has 0 amide bonds. The van der Waals surface area contributed by atoms with Crippen LogP contribution in [0.3, 0.4) is 0 Å². The van der Waals surface area contributed by atoms with Crippen LogP contribution in [0.15, 0.2) is 42.5 Å². The Hall–Kier alpha value is -1.60. The fraction of sp³-hybridized carbons (Fsp3) is 0.400. The van der Waals surface area contributed by atoms with Crippen LogP contribution in [0.4, 0.5) is 0 Å². The maximum atomic E-state index is 6.48. The lowest BCUT2D eigenvalue weighted by molar-refractivity contribution is 0.682. The molecular formula is C20H25N. The quantitative estimate of drug-likeness (QED) is 0.863. The van der Waals surface area contributed by atoms with E-state index in [0.29, 0.717) is 5.92 Å². The lowest BCUT2D eigenvalue weighted by atomic mass is 9.88. The average Bonchev–Trinajstić information content (AvgIpc) is 2.54. The number of aryl methyl sites for hydroxylation is 2. The summed E-state index contributed by atoms with van der Waals surface area (Å²) in [5.74, 6) is 0.569. The van der Waals surface area contributed by atoms with Gasteiger partial charge in [0.05, 0.1) is 6.04 Å². The molecule has 3 rings (SSSR count). The number of rotatable bonds is 3. The molecule has 0 saturated heterocycles. The minimum absolute atomic E-state index is 0.0153. The van der Waals surface area contributed by atoms with Gasteiger partial charge in [0.1, 0.15) is 0 Å². The third-order valence-corrected chi connectivity index (χ3v) is 4.69. The summed E-state index contributed by atoms with van der Waals surface area (Å²) in [5.41, 5.74) is 13.3. The highest BCUT2D eigenvalue weighted by Crippen LogP contribution is 2.27. The highest BCUT2D eigenvalue weighted by Gasteiger charge is 2.14. The summed E-state index contributed by atoms with van der Waals surface area (Å²) in [6.07, 6.45) is 5.08. The molecule has 0 spiro atoms. The van der Waals surface area contributed by atoms with Crippen molar-refractivity contribution in [3.05, 3.63) is 70.3 Å². The largest absolute Gasteiger partial charge is 0.320 e. The lowest BCUT2D eigenvalue weighted by Gasteiger charge is -2.20. The molecule has 2 N–H and O–H groups in total. The second-order valence-corrected chi connectivity index (χ2v) is 6.53. The Morgan fingerprint density at radius 3 is 2.00 bits per heavy atom. The fourth-order valence-electron chi connectivity index (χ4n) is 3.23. The first kappa shape index (κ1) is 14.3. The number of fused-ring (bicyclic) bond motifs is 1. The molecule has 1 aliphatic rings. The molecule has 1 heteroatoms. The van der Waals surface area contributed by atoms with Crippen LogP contribution in [0.2, 0.25) is 0 Å². The van der Waals surface area contributed by atoms with Gasteiger partial charge in [-0.25, -0.2) is 0 Å². The number of nitrogens with two attached hydrogens (primary N) is 1. The van der Waals surface area contributed by atoms with Crippen LogP contribution in [0.5, 0.6) is 0 Å². The smallest absolute Gasteiger partial charge is 0.0551 e. The maximum Gasteiger partial charge on any atom is 0.0551 e. The van der Waals surface area contributed by atoms with Crippen LogP contribution in [0.25, 0.3) is 0 Å². The molecule has 0 aliphatic heterocycles. The molecule has 0 saturated carbocycles. The van der Waals surface area contributed by atoms with Crippen molar-refractivity contribution in [2.75, 3.05) is 0 Å². The summed E-state index contributed by atoms with van der Waals surface area (Å²) in [5, 5.41) is 0. The van der Waals surface area contributed by atoms with Gasteiger partial charge in [-0.1, -0.05) is 56.3 Å². The van der Waals surface area contributed by atoms with Gasteiger partial charge in [0.15, 0.2) is 0 Å². The van der Waals surface area contributed by atoms with Gasteiger partial charge < -0.3 is 5.73 Å². The Balaban J connectivity index is 1.85. The van der Waals surface area contributed by atoms with E-state index in [0.717, 1.165) is 0 Å². The van der Waals surface area contributed by atoms with Gasteiger partial charge in [0, 0.05) is 0 Å². The first-order valence-corrected chi connectivity index (χ1v) is 8.12. The minimum atomic E-state index is -0.0153. The molecule has 2 aromatic rings. The third-order valence-electron chi connectivity index (χ3n) is 4.69. The summed E-state index contributed by atoms with van der Waals surface area (Å²) in [6, 6.07) is 15.6. The summed E-state index contributed by atoms with van der Waals surface area (Å²) < 4.78 is 0. The topological polar surface area (TPSA) is 26.0 Å². The normalized spacial score (nSPS) is 15.8. The van der Waals surface area contributed by atoms with Crippen molar-refractivity contribution in [2.45, 2.75) is 51.5 Å². The van der Waals surface area contributed by atoms with Crippen molar-refractivity contribution in [3.8, 4) is 0 Å². The molecule has 0 fully saturated rings. The van der Waals surface area contributed by atoms with Crippen molar-refractivity contribution < 1.29 is 0 Å². The van der Waals surface area contributed by atoms with Crippen molar-refractivity contribution in [3.63, 3.8) is 0 Å². The van der Waals surface area contributed by atoms with E-state index in [2.05, 4.69) is 56.3 Å². The summed E-state index contributed by atoms with van der Waals surface area (Å²) >= 11 is 0. The van der Waals surface area contributed by atoms with Crippen LogP contribution in [-0.4, -0.2) is 0 Å². The zero-order valence-electron chi connectivity index (χ0n) is 13.1. The second-order valence-electron chi connectivity index (χ2n) is 6.53. The van der Waals surface area contributed by atoms with Crippen molar-refractivity contribution >= 4 is 0 Å². The molecule has 1 aliphatic carbocycles. The number of benzene rings is 2.